The molecule has 0 aromatic heterocycles. The summed E-state index contributed by atoms with van der Waals surface area (Å²) >= 11 is 0. The maximum Gasteiger partial charge on any atom is 0.220 e. The van der Waals surface area contributed by atoms with Gasteiger partial charge in [0, 0.05) is 37.5 Å². The molecular weight excluding hydrogens is 424 g/mol. The summed E-state index contributed by atoms with van der Waals surface area (Å²) in [5.74, 6) is -2.59. The van der Waals surface area contributed by atoms with Crippen molar-refractivity contribution < 1.29 is 51.0 Å². The van der Waals surface area contributed by atoms with Crippen molar-refractivity contribution >= 4 is 23.8 Å². The fourth-order valence-corrected chi connectivity index (χ4v) is 3.16. The first-order chi connectivity index (χ1) is 14.2. The average Bonchev–Trinajstić information content (AvgIpc) is 2.76. The van der Waals surface area contributed by atoms with E-state index in [-0.39, 0.29) is 45.7 Å². The van der Waals surface area contributed by atoms with Gasteiger partial charge in [-0.05, 0) is 11.1 Å². The van der Waals surface area contributed by atoms with Gasteiger partial charge in [0.2, 0.25) is 11.8 Å². The van der Waals surface area contributed by atoms with Crippen LogP contribution in [0.5, 0.6) is 0 Å². The molecule has 2 fully saturated rings. The largest absolute Gasteiger partial charge is 0.545 e. The van der Waals surface area contributed by atoms with Gasteiger partial charge in [-0.15, -0.1) is 0 Å². The fraction of sp³-hybridized carbons (Fsp3) is 0.500. The van der Waals surface area contributed by atoms with E-state index in [2.05, 4.69) is 10.6 Å². The number of hydrogen-bond donors (Lipinski definition) is 4. The second-order valence-electron chi connectivity index (χ2n) is 7.24. The van der Waals surface area contributed by atoms with Crippen LogP contribution in [0.15, 0.2) is 24.3 Å². The van der Waals surface area contributed by atoms with Gasteiger partial charge in [-0.2, -0.15) is 0 Å². The molecule has 0 atom stereocenters. The second-order valence-corrected chi connectivity index (χ2v) is 7.24. The normalized spacial score (nSPS) is 15.8. The fourth-order valence-electron chi connectivity index (χ4n) is 3.16. The van der Waals surface area contributed by atoms with Crippen LogP contribution >= 0.6 is 0 Å². The highest BCUT2D eigenvalue weighted by molar-refractivity contribution is 5.89. The Kier molecular flexibility index (Phi) is 16.2. The monoisotopic (exact) mass is 458 g/mol. The van der Waals surface area contributed by atoms with Gasteiger partial charge in [-0.25, -0.2) is 0 Å². The minimum Gasteiger partial charge on any atom is -0.545 e. The second kappa shape index (κ2) is 16.6. The van der Waals surface area contributed by atoms with E-state index in [0.717, 1.165) is 76.1 Å². The van der Waals surface area contributed by atoms with Gasteiger partial charge in [0.1, 0.15) is 0 Å². The molecule has 2 heterocycles. The molecule has 12 heteroatoms. The minimum absolute atomic E-state index is 0. The molecule has 1 aromatic rings. The third-order valence-corrected chi connectivity index (χ3v) is 5.04. The van der Waals surface area contributed by atoms with E-state index in [1.807, 2.05) is 0 Å². The number of carbonyl (C=O) groups excluding carboxylic acids is 4. The summed E-state index contributed by atoms with van der Waals surface area (Å²) in [6.07, 6.45) is 3.87. The number of carboxylic acids is 2. The Morgan fingerprint density at radius 2 is 0.906 bits per heavy atom. The number of aromatic carboxylic acids is 2. The summed E-state index contributed by atoms with van der Waals surface area (Å²) in [6, 6.07) is 4.61. The number of piperidine rings is 2. The molecule has 32 heavy (non-hydrogen) atoms. The molecule has 182 valence electrons. The van der Waals surface area contributed by atoms with Gasteiger partial charge in [0.05, 0.1) is 38.1 Å². The van der Waals surface area contributed by atoms with Gasteiger partial charge in [-0.3, -0.25) is 9.59 Å². The van der Waals surface area contributed by atoms with E-state index < -0.39 is 11.9 Å². The third kappa shape index (κ3) is 12.0. The zero-order chi connectivity index (χ0) is 22.5. The molecule has 12 nitrogen and oxygen atoms in total. The van der Waals surface area contributed by atoms with E-state index in [1.165, 1.54) is 0 Å². The third-order valence-electron chi connectivity index (χ3n) is 5.04. The van der Waals surface area contributed by atoms with Gasteiger partial charge >= 0.3 is 0 Å². The SMILES string of the molecule is NC(=O)C1CC[NH2+]CC1.NC(=O)C1CC[NH2+]CC1.O.O.O=C([O-])c1ccc(C(=O)[O-])cc1. The number of amides is 2. The summed E-state index contributed by atoms with van der Waals surface area (Å²) in [4.78, 5) is 41.5. The molecule has 2 saturated heterocycles. The average molecular weight is 459 g/mol. The topological polar surface area (TPSA) is 263 Å². The molecule has 3 rings (SSSR count). The first-order valence-corrected chi connectivity index (χ1v) is 9.97. The molecule has 2 aliphatic heterocycles. The first-order valence-electron chi connectivity index (χ1n) is 9.97. The Hall–Kier alpha value is -3.06. The van der Waals surface area contributed by atoms with Crippen LogP contribution in [0.25, 0.3) is 0 Å². The molecule has 0 unspecified atom stereocenters. The van der Waals surface area contributed by atoms with Gasteiger partial charge in [-0.1, -0.05) is 24.3 Å². The summed E-state index contributed by atoms with van der Waals surface area (Å²) in [5, 5.41) is 24.9. The molecule has 12 N–H and O–H groups in total. The van der Waals surface area contributed by atoms with Crippen LogP contribution in [0.3, 0.4) is 0 Å². The van der Waals surface area contributed by atoms with Crippen molar-refractivity contribution in [1.29, 1.82) is 0 Å². The molecular formula is C20H34N4O8. The lowest BCUT2D eigenvalue weighted by atomic mass is 9.98. The van der Waals surface area contributed by atoms with E-state index in [9.17, 15) is 29.4 Å². The molecule has 0 radical (unpaired) electrons. The number of benzene rings is 1. The predicted molar refractivity (Wildman–Crippen MR) is 109 cm³/mol. The van der Waals surface area contributed by atoms with Crippen LogP contribution in [0.4, 0.5) is 0 Å². The molecule has 0 bridgehead atoms. The van der Waals surface area contributed by atoms with Crippen molar-refractivity contribution in [2.24, 2.45) is 23.3 Å². The molecule has 0 spiro atoms. The summed E-state index contributed by atoms with van der Waals surface area (Å²) in [6.45, 7) is 4.25. The number of rotatable bonds is 4. The standard InChI is InChI=1S/C8H6O4.2C6H12N2O.2H2O/c9-7(10)5-1-2-6(4-3-5)8(11)12;2*7-6(9)5-1-3-8-4-2-5;;/h1-4H,(H,9,10)(H,11,12);2*5,8H,1-4H2,(H2,7,9);2*1H2. The molecule has 2 aliphatic rings. The lowest BCUT2D eigenvalue weighted by molar-refractivity contribution is -0.664. The van der Waals surface area contributed by atoms with E-state index in [1.54, 1.807) is 0 Å². The number of nitrogens with two attached hydrogens (primary N) is 4. The zero-order valence-electron chi connectivity index (χ0n) is 17.9. The van der Waals surface area contributed by atoms with Crippen molar-refractivity contribution in [2.45, 2.75) is 25.7 Å². The van der Waals surface area contributed by atoms with Crippen LogP contribution in [0.2, 0.25) is 0 Å². The number of carboxylic acid groups (broad SMARTS) is 2. The van der Waals surface area contributed by atoms with Crippen molar-refractivity contribution in [3.8, 4) is 0 Å². The van der Waals surface area contributed by atoms with E-state index in [4.69, 9.17) is 11.5 Å². The lowest BCUT2D eigenvalue weighted by Crippen LogP contribution is -2.86. The van der Waals surface area contributed by atoms with Gasteiger partial charge in [0.25, 0.3) is 0 Å². The Morgan fingerprint density at radius 3 is 1.06 bits per heavy atom. The Bertz CT molecular complexity index is 654. The highest BCUT2D eigenvalue weighted by Gasteiger charge is 2.20. The van der Waals surface area contributed by atoms with Crippen LogP contribution in [0, 0.1) is 11.8 Å². The Balaban J connectivity index is 0. The van der Waals surface area contributed by atoms with Crippen molar-refractivity contribution in [3.63, 3.8) is 0 Å². The Labute approximate surface area is 186 Å². The first kappa shape index (κ1) is 31.1. The van der Waals surface area contributed by atoms with E-state index in [0.29, 0.717) is 0 Å². The van der Waals surface area contributed by atoms with Crippen LogP contribution in [0.1, 0.15) is 46.4 Å². The number of hydrogen-bond acceptors (Lipinski definition) is 6. The zero-order valence-corrected chi connectivity index (χ0v) is 17.9. The molecule has 0 aliphatic carbocycles. The van der Waals surface area contributed by atoms with Crippen molar-refractivity contribution in [2.75, 3.05) is 26.2 Å². The smallest absolute Gasteiger partial charge is 0.220 e. The Morgan fingerprint density at radius 1 is 0.656 bits per heavy atom. The van der Waals surface area contributed by atoms with Crippen LogP contribution in [-0.2, 0) is 9.59 Å². The van der Waals surface area contributed by atoms with Gasteiger partial charge < -0.3 is 52.9 Å². The molecule has 0 saturated carbocycles. The summed E-state index contributed by atoms with van der Waals surface area (Å²) in [7, 11) is 0. The maximum absolute atomic E-state index is 10.6. The summed E-state index contributed by atoms with van der Waals surface area (Å²) < 4.78 is 0. The lowest BCUT2D eigenvalue weighted by Gasteiger charge is -2.16. The number of quaternary nitrogens is 2. The predicted octanol–water partition coefficient (Wildman–Crippen LogP) is -6.35. The highest BCUT2D eigenvalue weighted by atomic mass is 16.4. The van der Waals surface area contributed by atoms with Crippen LogP contribution in [-0.4, -0.2) is 60.9 Å². The van der Waals surface area contributed by atoms with E-state index >= 15 is 0 Å². The number of carbonyl (C=O) groups is 4. The van der Waals surface area contributed by atoms with Gasteiger partial charge in [0.15, 0.2) is 0 Å². The minimum atomic E-state index is -1.33. The maximum atomic E-state index is 10.6. The van der Waals surface area contributed by atoms with Crippen LogP contribution < -0.4 is 32.3 Å². The molecule has 2 amide bonds. The van der Waals surface area contributed by atoms with Crippen molar-refractivity contribution in [3.05, 3.63) is 35.4 Å². The summed E-state index contributed by atoms with van der Waals surface area (Å²) in [5.41, 5.74) is 10.1. The van der Waals surface area contributed by atoms with Crippen molar-refractivity contribution in [1.82, 2.24) is 0 Å². The molecule has 1 aromatic carbocycles. The number of primary amides is 2. The quantitative estimate of drug-likeness (QED) is 0.340. The highest BCUT2D eigenvalue weighted by Crippen LogP contribution is 2.07.